The molecule has 8 heavy (non-hydrogen) atoms. The first kappa shape index (κ1) is 6.51. The Morgan fingerprint density at radius 3 is 2.00 bits per heavy atom. The van der Waals surface area contributed by atoms with Crippen molar-refractivity contribution in [2.24, 2.45) is 0 Å². The van der Waals surface area contributed by atoms with Crippen LogP contribution in [0.2, 0.25) is 0 Å². The first-order valence-electron chi connectivity index (χ1n) is 3.13. The molecule has 1 aliphatic heterocycles. The van der Waals surface area contributed by atoms with Crippen LogP contribution in [0.15, 0.2) is 0 Å². The van der Waals surface area contributed by atoms with Crippen LogP contribution in [0.1, 0.15) is 13.8 Å². The zero-order valence-corrected chi connectivity index (χ0v) is 6.48. The fourth-order valence-electron chi connectivity index (χ4n) is 1.00. The zero-order chi connectivity index (χ0) is 5.98. The lowest BCUT2D eigenvalue weighted by Crippen LogP contribution is -2.21. The predicted molar refractivity (Wildman–Crippen MR) is 38.1 cm³/mol. The molecule has 0 bridgehead atoms. The molecule has 0 aromatic rings. The first-order valence-corrected chi connectivity index (χ1v) is 4.28. The predicted octanol–water partition coefficient (Wildman–Crippen LogP) is 1.47. The first-order chi connectivity index (χ1) is 3.79. The molecule has 48 valence electrons. The van der Waals surface area contributed by atoms with Crippen LogP contribution in [-0.4, -0.2) is 24.5 Å². The van der Waals surface area contributed by atoms with Crippen molar-refractivity contribution in [2.45, 2.75) is 25.2 Å². The molecule has 0 aliphatic carbocycles. The van der Waals surface area contributed by atoms with E-state index in [2.05, 4.69) is 13.8 Å². The molecule has 1 heterocycles. The Hall–Kier alpha value is 0.390. The standard InChI is InChI=1S/C6H13OP/c1-5-3-7-4-6(2)8-5/h5-6,8H,3-4H2,1-2H3/t5-,6-/m1/s1. The van der Waals surface area contributed by atoms with Gasteiger partial charge in [-0.15, -0.1) is 8.58 Å². The monoisotopic (exact) mass is 132 g/mol. The Kier molecular flexibility index (Phi) is 2.27. The van der Waals surface area contributed by atoms with Gasteiger partial charge >= 0.3 is 0 Å². The highest BCUT2D eigenvalue weighted by Gasteiger charge is 2.13. The molecule has 1 aliphatic rings. The highest BCUT2D eigenvalue weighted by molar-refractivity contribution is 7.39. The Morgan fingerprint density at radius 1 is 1.25 bits per heavy atom. The van der Waals surface area contributed by atoms with Gasteiger partial charge in [-0.1, -0.05) is 13.8 Å². The summed E-state index contributed by atoms with van der Waals surface area (Å²) in [7, 11) is 1.12. The van der Waals surface area contributed by atoms with E-state index in [0.29, 0.717) is 0 Å². The van der Waals surface area contributed by atoms with Gasteiger partial charge in [0.1, 0.15) is 0 Å². The van der Waals surface area contributed by atoms with E-state index in [1.54, 1.807) is 0 Å². The summed E-state index contributed by atoms with van der Waals surface area (Å²) in [4.78, 5) is 0. The minimum atomic E-state index is 0.818. The number of ether oxygens (including phenoxy) is 1. The molecule has 1 saturated heterocycles. The van der Waals surface area contributed by atoms with Crippen LogP contribution >= 0.6 is 8.58 Å². The molecule has 0 aromatic carbocycles. The molecule has 0 N–H and O–H groups in total. The second-order valence-corrected chi connectivity index (χ2v) is 4.81. The summed E-state index contributed by atoms with van der Waals surface area (Å²) < 4.78 is 5.30. The molecule has 1 rings (SSSR count). The van der Waals surface area contributed by atoms with Gasteiger partial charge in [0, 0.05) is 0 Å². The molecule has 0 radical (unpaired) electrons. The van der Waals surface area contributed by atoms with Crippen LogP contribution in [-0.2, 0) is 4.74 Å². The fourth-order valence-corrected chi connectivity index (χ4v) is 2.40. The minimum absolute atomic E-state index is 0.818. The van der Waals surface area contributed by atoms with Crippen LogP contribution in [0, 0.1) is 0 Å². The maximum absolute atomic E-state index is 5.30. The molecule has 1 nitrogen and oxygen atoms in total. The SMILES string of the molecule is C[C@@H]1COC[C@@H](C)P1. The molecule has 2 heteroatoms. The molecule has 0 spiro atoms. The number of hydrogen-bond acceptors (Lipinski definition) is 1. The van der Waals surface area contributed by atoms with E-state index >= 15 is 0 Å². The van der Waals surface area contributed by atoms with Crippen molar-refractivity contribution in [1.82, 2.24) is 0 Å². The van der Waals surface area contributed by atoms with Gasteiger partial charge in [-0.25, -0.2) is 0 Å². The molecule has 0 aromatic heterocycles. The maximum Gasteiger partial charge on any atom is 0.0528 e. The smallest absolute Gasteiger partial charge is 0.0528 e. The highest BCUT2D eigenvalue weighted by atomic mass is 31.1. The largest absolute Gasteiger partial charge is 0.380 e. The summed E-state index contributed by atoms with van der Waals surface area (Å²) in [6, 6.07) is 0. The summed E-state index contributed by atoms with van der Waals surface area (Å²) in [5.41, 5.74) is 1.64. The molecule has 0 unspecified atom stereocenters. The normalized spacial score (nSPS) is 39.8. The van der Waals surface area contributed by atoms with Crippen LogP contribution < -0.4 is 0 Å². The molecule has 1 fully saturated rings. The van der Waals surface area contributed by atoms with Gasteiger partial charge in [0.2, 0.25) is 0 Å². The van der Waals surface area contributed by atoms with Crippen molar-refractivity contribution >= 4 is 8.58 Å². The quantitative estimate of drug-likeness (QED) is 0.453. The van der Waals surface area contributed by atoms with E-state index in [4.69, 9.17) is 4.74 Å². The van der Waals surface area contributed by atoms with Gasteiger partial charge < -0.3 is 4.74 Å². The third kappa shape index (κ3) is 1.72. The van der Waals surface area contributed by atoms with Crippen LogP contribution in [0.5, 0.6) is 0 Å². The lowest BCUT2D eigenvalue weighted by atomic mass is 10.4. The summed E-state index contributed by atoms with van der Waals surface area (Å²) >= 11 is 0. The third-order valence-electron chi connectivity index (χ3n) is 1.30. The van der Waals surface area contributed by atoms with Crippen molar-refractivity contribution in [1.29, 1.82) is 0 Å². The average molecular weight is 132 g/mol. The maximum atomic E-state index is 5.30. The topological polar surface area (TPSA) is 9.23 Å². The molecular formula is C6H13OP. The number of hydrogen-bond donors (Lipinski definition) is 0. The second kappa shape index (κ2) is 2.80. The van der Waals surface area contributed by atoms with Crippen LogP contribution in [0.4, 0.5) is 0 Å². The summed E-state index contributed by atoms with van der Waals surface area (Å²) in [6.07, 6.45) is 0. The molecule has 0 amide bonds. The molecular weight excluding hydrogens is 119 g/mol. The fraction of sp³-hybridized carbons (Fsp3) is 1.00. The van der Waals surface area contributed by atoms with Crippen LogP contribution in [0.25, 0.3) is 0 Å². The van der Waals surface area contributed by atoms with E-state index in [-0.39, 0.29) is 0 Å². The van der Waals surface area contributed by atoms with Gasteiger partial charge in [-0.2, -0.15) is 0 Å². The second-order valence-electron chi connectivity index (χ2n) is 2.51. The van der Waals surface area contributed by atoms with E-state index in [1.165, 1.54) is 0 Å². The Morgan fingerprint density at radius 2 is 1.75 bits per heavy atom. The van der Waals surface area contributed by atoms with Gasteiger partial charge in [-0.3, -0.25) is 0 Å². The molecule has 0 saturated carbocycles. The Balaban J connectivity index is 2.23. The lowest BCUT2D eigenvalue weighted by molar-refractivity contribution is 0.130. The Labute approximate surface area is 52.6 Å². The highest BCUT2D eigenvalue weighted by Crippen LogP contribution is 2.29. The van der Waals surface area contributed by atoms with E-state index in [9.17, 15) is 0 Å². The van der Waals surface area contributed by atoms with Gasteiger partial charge in [0.25, 0.3) is 0 Å². The van der Waals surface area contributed by atoms with Crippen molar-refractivity contribution in [3.8, 4) is 0 Å². The lowest BCUT2D eigenvalue weighted by Gasteiger charge is -2.23. The van der Waals surface area contributed by atoms with Crippen molar-refractivity contribution in [2.75, 3.05) is 13.2 Å². The van der Waals surface area contributed by atoms with Crippen LogP contribution in [0.3, 0.4) is 0 Å². The summed E-state index contributed by atoms with van der Waals surface area (Å²) in [6.45, 7) is 6.49. The number of rotatable bonds is 0. The van der Waals surface area contributed by atoms with E-state index < -0.39 is 0 Å². The van der Waals surface area contributed by atoms with Crippen molar-refractivity contribution in [3.05, 3.63) is 0 Å². The minimum Gasteiger partial charge on any atom is -0.380 e. The van der Waals surface area contributed by atoms with Gasteiger partial charge in [-0.05, 0) is 11.3 Å². The van der Waals surface area contributed by atoms with E-state index in [0.717, 1.165) is 33.1 Å². The van der Waals surface area contributed by atoms with Crippen molar-refractivity contribution < 1.29 is 4.74 Å². The van der Waals surface area contributed by atoms with E-state index in [1.807, 2.05) is 0 Å². The summed E-state index contributed by atoms with van der Waals surface area (Å²) in [5, 5.41) is 0. The van der Waals surface area contributed by atoms with Crippen molar-refractivity contribution in [3.63, 3.8) is 0 Å². The third-order valence-corrected chi connectivity index (χ3v) is 2.78. The van der Waals surface area contributed by atoms with Gasteiger partial charge in [0.05, 0.1) is 13.2 Å². The van der Waals surface area contributed by atoms with Gasteiger partial charge in [0.15, 0.2) is 0 Å². The Bertz CT molecular complexity index is 66.9. The molecule has 2 atom stereocenters. The summed E-state index contributed by atoms with van der Waals surface area (Å²) in [5.74, 6) is 0. The zero-order valence-electron chi connectivity index (χ0n) is 5.48. The average Bonchev–Trinajstić information content (AvgIpc) is 1.64.